The Kier molecular flexibility index (Phi) is 3.23. The van der Waals surface area contributed by atoms with Crippen molar-refractivity contribution in [1.82, 2.24) is 9.97 Å². The van der Waals surface area contributed by atoms with E-state index in [1.807, 2.05) is 0 Å². The average Bonchev–Trinajstić information content (AvgIpc) is 2.87. The van der Waals surface area contributed by atoms with Gasteiger partial charge in [0.25, 0.3) is 0 Å². The molecule has 1 aliphatic carbocycles. The van der Waals surface area contributed by atoms with E-state index < -0.39 is 0 Å². The van der Waals surface area contributed by atoms with Gasteiger partial charge in [-0.3, -0.25) is 0 Å². The van der Waals surface area contributed by atoms with Crippen LogP contribution < -0.4 is 5.73 Å². The molecule has 0 saturated carbocycles. The minimum Gasteiger partial charge on any atom is -0.344 e. The third-order valence-corrected chi connectivity index (χ3v) is 4.34. The zero-order chi connectivity index (χ0) is 13.6. The molecule has 1 atom stereocenters. The number of nitrogens with two attached hydrogens (primary N) is 1. The molecule has 100 valence electrons. The fourth-order valence-corrected chi connectivity index (χ4v) is 3.22. The molecule has 1 heterocycles. The second kappa shape index (κ2) is 4.76. The summed E-state index contributed by atoms with van der Waals surface area (Å²) in [4.78, 5) is 8.14. The molecular formula is C15H18BrN3. The van der Waals surface area contributed by atoms with E-state index in [0.717, 1.165) is 28.8 Å². The topological polar surface area (TPSA) is 54.7 Å². The monoisotopic (exact) mass is 319 g/mol. The van der Waals surface area contributed by atoms with E-state index in [2.05, 4.69) is 53.0 Å². The van der Waals surface area contributed by atoms with Crippen molar-refractivity contribution in [3.8, 4) is 11.3 Å². The summed E-state index contributed by atoms with van der Waals surface area (Å²) in [5.74, 6) is 1.50. The van der Waals surface area contributed by atoms with Gasteiger partial charge in [0.15, 0.2) is 0 Å². The molecule has 1 aromatic heterocycles. The summed E-state index contributed by atoms with van der Waals surface area (Å²) in [5.41, 5.74) is 11.0. The van der Waals surface area contributed by atoms with Crippen molar-refractivity contribution in [1.29, 1.82) is 0 Å². The van der Waals surface area contributed by atoms with Gasteiger partial charge in [-0.1, -0.05) is 41.9 Å². The van der Waals surface area contributed by atoms with E-state index in [-0.39, 0.29) is 6.04 Å². The quantitative estimate of drug-likeness (QED) is 0.771. The Balaban J connectivity index is 1.95. The predicted molar refractivity (Wildman–Crippen MR) is 80.9 cm³/mol. The SMILES string of the molecule is CC(C)CC(N)c1nc2c([nH]1)Cc1c(Br)cccc1-2. The highest BCUT2D eigenvalue weighted by Crippen LogP contribution is 2.39. The standard InChI is InChI=1S/C15H18BrN3/c1-8(2)6-12(17)15-18-13-7-10-9(14(13)19-15)4-3-5-11(10)16/h3-5,8,12H,6-7,17H2,1-2H3,(H,18,19). The molecule has 3 nitrogen and oxygen atoms in total. The Morgan fingerprint density at radius 1 is 1.42 bits per heavy atom. The van der Waals surface area contributed by atoms with E-state index >= 15 is 0 Å². The number of halogens is 1. The lowest BCUT2D eigenvalue weighted by Crippen LogP contribution is -2.14. The molecule has 0 saturated heterocycles. The molecule has 3 rings (SSSR count). The lowest BCUT2D eigenvalue weighted by atomic mass is 10.0. The highest BCUT2D eigenvalue weighted by atomic mass is 79.9. The van der Waals surface area contributed by atoms with Crippen LogP contribution in [-0.2, 0) is 6.42 Å². The molecule has 0 amide bonds. The zero-order valence-electron chi connectivity index (χ0n) is 11.2. The van der Waals surface area contributed by atoms with E-state index in [0.29, 0.717) is 5.92 Å². The minimum atomic E-state index is 0.00111. The van der Waals surface area contributed by atoms with E-state index in [1.165, 1.54) is 16.8 Å². The maximum absolute atomic E-state index is 6.20. The summed E-state index contributed by atoms with van der Waals surface area (Å²) in [6.45, 7) is 4.37. The smallest absolute Gasteiger partial charge is 0.124 e. The molecule has 0 spiro atoms. The van der Waals surface area contributed by atoms with Crippen LogP contribution >= 0.6 is 15.9 Å². The summed E-state index contributed by atoms with van der Waals surface area (Å²) in [7, 11) is 0. The fraction of sp³-hybridized carbons (Fsp3) is 0.400. The van der Waals surface area contributed by atoms with Crippen LogP contribution in [0.5, 0.6) is 0 Å². The van der Waals surface area contributed by atoms with E-state index in [1.54, 1.807) is 0 Å². The van der Waals surface area contributed by atoms with Crippen molar-refractivity contribution in [2.24, 2.45) is 11.7 Å². The molecule has 1 aromatic carbocycles. The van der Waals surface area contributed by atoms with Crippen LogP contribution in [0.1, 0.15) is 43.4 Å². The number of rotatable bonds is 3. The molecule has 0 radical (unpaired) electrons. The van der Waals surface area contributed by atoms with Crippen LogP contribution in [0.15, 0.2) is 22.7 Å². The fourth-order valence-electron chi connectivity index (χ4n) is 2.71. The third-order valence-electron chi connectivity index (χ3n) is 3.60. The predicted octanol–water partition coefficient (Wildman–Crippen LogP) is 3.79. The van der Waals surface area contributed by atoms with Crippen molar-refractivity contribution in [2.75, 3.05) is 0 Å². The van der Waals surface area contributed by atoms with Crippen molar-refractivity contribution in [3.05, 3.63) is 39.8 Å². The van der Waals surface area contributed by atoms with E-state index in [4.69, 9.17) is 10.7 Å². The van der Waals surface area contributed by atoms with Gasteiger partial charge in [0.1, 0.15) is 5.82 Å². The van der Waals surface area contributed by atoms with E-state index in [9.17, 15) is 0 Å². The number of H-pyrrole nitrogens is 1. The first-order chi connectivity index (χ1) is 9.06. The van der Waals surface area contributed by atoms with Gasteiger partial charge in [0.2, 0.25) is 0 Å². The number of benzene rings is 1. The van der Waals surface area contributed by atoms with Crippen LogP contribution in [0.4, 0.5) is 0 Å². The average molecular weight is 320 g/mol. The van der Waals surface area contributed by atoms with Gasteiger partial charge in [-0.15, -0.1) is 0 Å². The Morgan fingerprint density at radius 2 is 2.21 bits per heavy atom. The number of hydrogen-bond acceptors (Lipinski definition) is 2. The molecule has 4 heteroatoms. The number of aromatic amines is 1. The van der Waals surface area contributed by atoms with Crippen LogP contribution in [-0.4, -0.2) is 9.97 Å². The summed E-state index contributed by atoms with van der Waals surface area (Å²) in [5, 5.41) is 0. The maximum atomic E-state index is 6.20. The summed E-state index contributed by atoms with van der Waals surface area (Å²) < 4.78 is 1.16. The molecule has 0 aliphatic heterocycles. The number of imidazole rings is 1. The van der Waals surface area contributed by atoms with Gasteiger partial charge < -0.3 is 10.7 Å². The van der Waals surface area contributed by atoms with Gasteiger partial charge in [0.05, 0.1) is 11.7 Å². The second-order valence-electron chi connectivity index (χ2n) is 5.63. The van der Waals surface area contributed by atoms with Gasteiger partial charge in [-0.25, -0.2) is 4.98 Å². The lowest BCUT2D eigenvalue weighted by molar-refractivity contribution is 0.495. The number of aromatic nitrogens is 2. The number of hydrogen-bond donors (Lipinski definition) is 2. The van der Waals surface area contributed by atoms with Gasteiger partial charge in [-0.2, -0.15) is 0 Å². The second-order valence-corrected chi connectivity index (χ2v) is 6.48. The first-order valence-electron chi connectivity index (χ1n) is 6.68. The summed E-state index contributed by atoms with van der Waals surface area (Å²) >= 11 is 3.60. The molecule has 1 aliphatic rings. The third kappa shape index (κ3) is 2.23. The molecule has 0 bridgehead atoms. The maximum Gasteiger partial charge on any atom is 0.124 e. The summed E-state index contributed by atoms with van der Waals surface area (Å²) in [6, 6.07) is 6.27. The van der Waals surface area contributed by atoms with Crippen LogP contribution in [0, 0.1) is 5.92 Å². The molecule has 3 N–H and O–H groups in total. The lowest BCUT2D eigenvalue weighted by Gasteiger charge is -2.11. The van der Waals surface area contributed by atoms with Crippen LogP contribution in [0.3, 0.4) is 0 Å². The van der Waals surface area contributed by atoms with Crippen molar-refractivity contribution in [3.63, 3.8) is 0 Å². The van der Waals surface area contributed by atoms with Gasteiger partial charge >= 0.3 is 0 Å². The molecule has 19 heavy (non-hydrogen) atoms. The number of nitrogens with one attached hydrogen (secondary N) is 1. The van der Waals surface area contributed by atoms with Crippen molar-refractivity contribution < 1.29 is 0 Å². The number of fused-ring (bicyclic) bond motifs is 3. The van der Waals surface area contributed by atoms with Crippen molar-refractivity contribution in [2.45, 2.75) is 32.7 Å². The molecule has 0 fully saturated rings. The number of nitrogens with zero attached hydrogens (tertiary/aromatic N) is 1. The Labute approximate surface area is 121 Å². The Morgan fingerprint density at radius 3 is 2.95 bits per heavy atom. The highest BCUT2D eigenvalue weighted by molar-refractivity contribution is 9.10. The van der Waals surface area contributed by atoms with Crippen LogP contribution in [0.2, 0.25) is 0 Å². The summed E-state index contributed by atoms with van der Waals surface area (Å²) in [6.07, 6.45) is 1.87. The first kappa shape index (κ1) is 12.9. The van der Waals surface area contributed by atoms with Crippen LogP contribution in [0.25, 0.3) is 11.3 Å². The Hall–Kier alpha value is -1.13. The highest BCUT2D eigenvalue weighted by Gasteiger charge is 2.25. The minimum absolute atomic E-state index is 0.00111. The molecular weight excluding hydrogens is 302 g/mol. The van der Waals surface area contributed by atoms with Gasteiger partial charge in [0, 0.05) is 22.2 Å². The largest absolute Gasteiger partial charge is 0.344 e. The van der Waals surface area contributed by atoms with Gasteiger partial charge in [-0.05, 0) is 24.0 Å². The first-order valence-corrected chi connectivity index (χ1v) is 7.47. The zero-order valence-corrected chi connectivity index (χ0v) is 12.8. The van der Waals surface area contributed by atoms with Crippen molar-refractivity contribution >= 4 is 15.9 Å². The Bertz CT molecular complexity index is 616. The normalized spacial score (nSPS) is 14.6. The molecule has 2 aromatic rings. The molecule has 1 unspecified atom stereocenters.